The molecule has 0 saturated carbocycles. The molecule has 3 amide bonds. The first kappa shape index (κ1) is 28.7. The summed E-state index contributed by atoms with van der Waals surface area (Å²) < 4.78 is 5.28. The first-order valence-electron chi connectivity index (χ1n) is 12.8. The van der Waals surface area contributed by atoms with Crippen molar-refractivity contribution in [3.63, 3.8) is 0 Å². The number of benzene rings is 3. The molecule has 0 fully saturated rings. The SMILES string of the molecule is CCc1ccc(C(C(=O)Nc2ccc3ccccc3c2)N(CCO)C(=O)C(C)NC(=O)OC(C)(C)C)cc1. The zero-order valence-electron chi connectivity index (χ0n) is 22.7. The molecule has 0 heterocycles. The number of anilines is 1. The standard InChI is InChI=1S/C30H37N3O5/c1-6-21-11-13-23(14-12-21)26(27(35)32-25-16-15-22-9-7-8-10-24(22)19-25)33(17-18-34)28(36)20(2)31-29(37)38-30(3,4)5/h7-16,19-20,26,34H,6,17-18H2,1-5H3,(H,31,37)(H,32,35). The number of ether oxygens (including phenoxy) is 1. The molecule has 0 aliphatic carbocycles. The van der Waals surface area contributed by atoms with Crippen LogP contribution in [0.25, 0.3) is 10.8 Å². The van der Waals surface area contributed by atoms with Gasteiger partial charge in [-0.2, -0.15) is 0 Å². The van der Waals surface area contributed by atoms with E-state index in [9.17, 15) is 19.5 Å². The summed E-state index contributed by atoms with van der Waals surface area (Å²) in [6.07, 6.45) is 0.0800. The molecular weight excluding hydrogens is 482 g/mol. The first-order chi connectivity index (χ1) is 18.0. The number of rotatable bonds is 9. The molecule has 3 N–H and O–H groups in total. The quantitative estimate of drug-likeness (QED) is 0.376. The molecule has 0 aliphatic heterocycles. The van der Waals surface area contributed by atoms with E-state index in [1.54, 1.807) is 20.8 Å². The van der Waals surface area contributed by atoms with Gasteiger partial charge >= 0.3 is 6.09 Å². The van der Waals surface area contributed by atoms with Crippen LogP contribution in [0.15, 0.2) is 66.7 Å². The lowest BCUT2D eigenvalue weighted by molar-refractivity contribution is -0.141. The average Bonchev–Trinajstić information content (AvgIpc) is 2.87. The molecule has 3 aromatic carbocycles. The number of alkyl carbamates (subject to hydrolysis) is 1. The van der Waals surface area contributed by atoms with Gasteiger partial charge in [0.1, 0.15) is 17.7 Å². The Hall–Kier alpha value is -3.91. The second-order valence-electron chi connectivity index (χ2n) is 10.2. The Labute approximate surface area is 224 Å². The van der Waals surface area contributed by atoms with Gasteiger partial charge in [0.05, 0.1) is 6.61 Å². The molecule has 3 rings (SSSR count). The van der Waals surface area contributed by atoms with E-state index >= 15 is 0 Å². The van der Waals surface area contributed by atoms with Gasteiger partial charge in [0, 0.05) is 12.2 Å². The third-order valence-electron chi connectivity index (χ3n) is 6.01. The molecule has 2 unspecified atom stereocenters. The molecule has 38 heavy (non-hydrogen) atoms. The van der Waals surface area contributed by atoms with E-state index in [1.165, 1.54) is 11.8 Å². The summed E-state index contributed by atoms with van der Waals surface area (Å²) >= 11 is 0. The van der Waals surface area contributed by atoms with E-state index in [4.69, 9.17) is 4.74 Å². The van der Waals surface area contributed by atoms with Gasteiger partial charge in [-0.05, 0) is 68.1 Å². The Morgan fingerprint density at radius 3 is 2.24 bits per heavy atom. The first-order valence-corrected chi connectivity index (χ1v) is 12.8. The number of aliphatic hydroxyl groups excluding tert-OH is 1. The number of carbonyl (C=O) groups excluding carboxylic acids is 3. The highest BCUT2D eigenvalue weighted by Crippen LogP contribution is 2.26. The van der Waals surface area contributed by atoms with Crippen LogP contribution in [-0.4, -0.2) is 52.7 Å². The minimum atomic E-state index is -1.05. The highest BCUT2D eigenvalue weighted by molar-refractivity contribution is 6.00. The number of nitrogens with zero attached hydrogens (tertiary/aromatic N) is 1. The van der Waals surface area contributed by atoms with Crippen LogP contribution in [0, 0.1) is 0 Å². The van der Waals surface area contributed by atoms with Crippen LogP contribution < -0.4 is 10.6 Å². The van der Waals surface area contributed by atoms with Crippen LogP contribution in [0.2, 0.25) is 0 Å². The van der Waals surface area contributed by atoms with Gasteiger partial charge < -0.3 is 25.4 Å². The summed E-state index contributed by atoms with van der Waals surface area (Å²) in [7, 11) is 0. The number of aliphatic hydroxyl groups is 1. The summed E-state index contributed by atoms with van der Waals surface area (Å²) in [5.74, 6) is -0.959. The Morgan fingerprint density at radius 1 is 0.974 bits per heavy atom. The van der Waals surface area contributed by atoms with E-state index < -0.39 is 35.6 Å². The van der Waals surface area contributed by atoms with Gasteiger partial charge in [-0.25, -0.2) is 4.79 Å². The number of carbonyl (C=O) groups is 3. The second kappa shape index (κ2) is 12.6. The average molecular weight is 520 g/mol. The summed E-state index contributed by atoms with van der Waals surface area (Å²) in [4.78, 5) is 40.9. The fourth-order valence-corrected chi connectivity index (χ4v) is 4.16. The minimum Gasteiger partial charge on any atom is -0.444 e. The van der Waals surface area contributed by atoms with Crippen LogP contribution in [0.4, 0.5) is 10.5 Å². The van der Waals surface area contributed by atoms with Crippen LogP contribution in [0.5, 0.6) is 0 Å². The lowest BCUT2D eigenvalue weighted by atomic mass is 10.0. The number of aryl methyl sites for hydroxylation is 1. The summed E-state index contributed by atoms with van der Waals surface area (Å²) in [6, 6.07) is 18.8. The van der Waals surface area contributed by atoms with Crippen LogP contribution in [-0.2, 0) is 20.7 Å². The minimum absolute atomic E-state index is 0.107. The normalized spacial score (nSPS) is 12.9. The maximum Gasteiger partial charge on any atom is 0.408 e. The number of fused-ring (bicyclic) bond motifs is 1. The molecule has 0 aliphatic rings. The van der Waals surface area contributed by atoms with E-state index in [2.05, 4.69) is 10.6 Å². The van der Waals surface area contributed by atoms with Crippen molar-refractivity contribution in [2.45, 2.75) is 58.7 Å². The van der Waals surface area contributed by atoms with Gasteiger partial charge in [0.2, 0.25) is 5.91 Å². The van der Waals surface area contributed by atoms with Crippen LogP contribution >= 0.6 is 0 Å². The van der Waals surface area contributed by atoms with Crippen LogP contribution in [0.3, 0.4) is 0 Å². The van der Waals surface area contributed by atoms with Crippen LogP contribution in [0.1, 0.15) is 51.8 Å². The number of nitrogens with one attached hydrogen (secondary N) is 2. The number of hydrogen-bond donors (Lipinski definition) is 3. The fourth-order valence-electron chi connectivity index (χ4n) is 4.16. The maximum absolute atomic E-state index is 13.8. The number of hydrogen-bond acceptors (Lipinski definition) is 5. The Morgan fingerprint density at radius 2 is 1.63 bits per heavy atom. The molecule has 8 nitrogen and oxygen atoms in total. The van der Waals surface area contributed by atoms with Crippen molar-refractivity contribution in [2.75, 3.05) is 18.5 Å². The predicted molar refractivity (Wildman–Crippen MR) is 149 cm³/mol. The van der Waals surface area contributed by atoms with Gasteiger partial charge in [-0.1, -0.05) is 61.5 Å². The van der Waals surface area contributed by atoms with E-state index in [1.807, 2.05) is 73.7 Å². The molecule has 0 bridgehead atoms. The van der Waals surface area contributed by atoms with Crippen molar-refractivity contribution >= 4 is 34.4 Å². The fraction of sp³-hybridized carbons (Fsp3) is 0.367. The molecular formula is C30H37N3O5. The third-order valence-corrected chi connectivity index (χ3v) is 6.01. The second-order valence-corrected chi connectivity index (χ2v) is 10.2. The highest BCUT2D eigenvalue weighted by Gasteiger charge is 2.34. The van der Waals surface area contributed by atoms with E-state index in [-0.39, 0.29) is 13.2 Å². The number of amides is 3. The highest BCUT2D eigenvalue weighted by atomic mass is 16.6. The zero-order valence-corrected chi connectivity index (χ0v) is 22.7. The molecule has 0 aromatic heterocycles. The lowest BCUT2D eigenvalue weighted by Gasteiger charge is -2.33. The van der Waals surface area contributed by atoms with Gasteiger partial charge in [0.25, 0.3) is 5.91 Å². The van der Waals surface area contributed by atoms with Crippen molar-refractivity contribution < 1.29 is 24.2 Å². The summed E-state index contributed by atoms with van der Waals surface area (Å²) in [6.45, 7) is 8.26. The largest absolute Gasteiger partial charge is 0.444 e. The van der Waals surface area contributed by atoms with E-state index in [0.717, 1.165) is 22.8 Å². The van der Waals surface area contributed by atoms with Gasteiger partial charge in [-0.3, -0.25) is 9.59 Å². The van der Waals surface area contributed by atoms with Crippen molar-refractivity contribution in [1.82, 2.24) is 10.2 Å². The molecule has 0 saturated heterocycles. The Kier molecular flexibility index (Phi) is 9.47. The molecule has 0 radical (unpaired) electrons. The van der Waals surface area contributed by atoms with Crippen molar-refractivity contribution in [2.24, 2.45) is 0 Å². The molecule has 0 spiro atoms. The monoisotopic (exact) mass is 519 g/mol. The smallest absolute Gasteiger partial charge is 0.408 e. The van der Waals surface area contributed by atoms with Gasteiger partial charge in [0.15, 0.2) is 0 Å². The third kappa shape index (κ3) is 7.55. The maximum atomic E-state index is 13.8. The topological polar surface area (TPSA) is 108 Å². The van der Waals surface area contributed by atoms with Crippen molar-refractivity contribution in [3.8, 4) is 0 Å². The Bertz CT molecular complexity index is 1270. The lowest BCUT2D eigenvalue weighted by Crippen LogP contribution is -2.51. The molecule has 8 heteroatoms. The molecule has 2 atom stereocenters. The molecule has 3 aromatic rings. The predicted octanol–water partition coefficient (Wildman–Crippen LogP) is 4.82. The summed E-state index contributed by atoms with van der Waals surface area (Å²) in [5.41, 5.74) is 1.52. The van der Waals surface area contributed by atoms with Crippen molar-refractivity contribution in [1.29, 1.82) is 0 Å². The van der Waals surface area contributed by atoms with E-state index in [0.29, 0.717) is 11.3 Å². The van der Waals surface area contributed by atoms with Crippen molar-refractivity contribution in [3.05, 3.63) is 77.9 Å². The summed E-state index contributed by atoms with van der Waals surface area (Å²) in [5, 5.41) is 17.3. The Balaban J connectivity index is 1.93. The molecule has 202 valence electrons. The van der Waals surface area contributed by atoms with Gasteiger partial charge in [-0.15, -0.1) is 0 Å². The zero-order chi connectivity index (χ0) is 27.9.